The maximum atomic E-state index is 9.00. The van der Waals surface area contributed by atoms with Gasteiger partial charge in [-0.25, -0.2) is 0 Å². The Morgan fingerprint density at radius 1 is 1.33 bits per heavy atom. The molecule has 0 spiro atoms. The zero-order valence-corrected chi connectivity index (χ0v) is 12.2. The maximum Gasteiger partial charge on any atom is 0.0599 e. The van der Waals surface area contributed by atoms with Gasteiger partial charge in [-0.3, -0.25) is 0 Å². The van der Waals surface area contributed by atoms with Crippen LogP contribution in [0.3, 0.4) is 0 Å². The van der Waals surface area contributed by atoms with E-state index in [0.29, 0.717) is 6.54 Å². The van der Waals surface area contributed by atoms with Crippen LogP contribution in [0.2, 0.25) is 0 Å². The highest BCUT2D eigenvalue weighted by molar-refractivity contribution is 5.54. The first-order chi connectivity index (χ1) is 8.25. The molecule has 3 N–H and O–H groups in total. The molecule has 0 aliphatic rings. The smallest absolute Gasteiger partial charge is 0.0599 e. The van der Waals surface area contributed by atoms with Crippen LogP contribution in [0.1, 0.15) is 31.9 Å². The predicted octanol–water partition coefficient (Wildman–Crippen LogP) is 2.05. The van der Waals surface area contributed by atoms with Gasteiger partial charge in [-0.05, 0) is 29.5 Å². The van der Waals surface area contributed by atoms with E-state index in [1.165, 1.54) is 16.8 Å². The summed E-state index contributed by atoms with van der Waals surface area (Å²) in [5.74, 6) is 0. The number of aryl methyl sites for hydroxylation is 1. The molecule has 1 aromatic rings. The van der Waals surface area contributed by atoms with Crippen LogP contribution >= 0.6 is 0 Å². The van der Waals surface area contributed by atoms with Crippen LogP contribution in [0.25, 0.3) is 0 Å². The fraction of sp³-hybridized carbons (Fsp3) is 0.600. The Labute approximate surface area is 111 Å². The third-order valence-corrected chi connectivity index (χ3v) is 3.22. The average molecular weight is 250 g/mol. The number of nitrogens with two attached hydrogens (primary N) is 1. The molecule has 0 fully saturated rings. The molecule has 0 amide bonds. The highest BCUT2D eigenvalue weighted by atomic mass is 16.3. The number of aliphatic hydroxyl groups excluding tert-OH is 1. The Balaban J connectivity index is 2.92. The van der Waals surface area contributed by atoms with E-state index in [-0.39, 0.29) is 18.1 Å². The number of benzene rings is 1. The van der Waals surface area contributed by atoms with Crippen molar-refractivity contribution in [1.29, 1.82) is 0 Å². The highest BCUT2D eigenvalue weighted by Gasteiger charge is 2.16. The van der Waals surface area contributed by atoms with Gasteiger partial charge in [0.05, 0.1) is 6.61 Å². The molecule has 18 heavy (non-hydrogen) atoms. The maximum absolute atomic E-state index is 9.00. The first-order valence-corrected chi connectivity index (χ1v) is 6.44. The fourth-order valence-electron chi connectivity index (χ4n) is 2.06. The van der Waals surface area contributed by atoms with Gasteiger partial charge in [-0.15, -0.1) is 0 Å². The number of likely N-dealkylation sites (N-methyl/N-ethyl adjacent to an activating group) is 1. The normalized spacial score (nSPS) is 13.5. The van der Waals surface area contributed by atoms with Crippen molar-refractivity contribution >= 4 is 5.69 Å². The molecule has 0 aliphatic heterocycles. The van der Waals surface area contributed by atoms with Crippen LogP contribution in [0, 0.1) is 6.92 Å². The third kappa shape index (κ3) is 3.72. The van der Waals surface area contributed by atoms with Crippen LogP contribution in [0.4, 0.5) is 5.69 Å². The molecule has 0 heterocycles. The van der Waals surface area contributed by atoms with Gasteiger partial charge in [0.1, 0.15) is 0 Å². The van der Waals surface area contributed by atoms with Crippen molar-refractivity contribution in [3.8, 4) is 0 Å². The Hall–Kier alpha value is -1.06. The van der Waals surface area contributed by atoms with Crippen LogP contribution < -0.4 is 10.6 Å². The number of anilines is 1. The quantitative estimate of drug-likeness (QED) is 0.860. The molecule has 0 aromatic heterocycles. The minimum Gasteiger partial charge on any atom is -0.395 e. The Morgan fingerprint density at radius 2 is 1.94 bits per heavy atom. The minimum atomic E-state index is -0.198. The summed E-state index contributed by atoms with van der Waals surface area (Å²) in [5.41, 5.74) is 9.69. The van der Waals surface area contributed by atoms with Gasteiger partial charge in [0.25, 0.3) is 0 Å². The molecule has 3 nitrogen and oxygen atoms in total. The lowest BCUT2D eigenvalue weighted by molar-refractivity contribution is 0.267. The molecular weight excluding hydrogens is 224 g/mol. The SMILES string of the molecule is Cc1cc(C(C)(C)C)ccc1N(C)CC(N)CO. The van der Waals surface area contributed by atoms with Crippen molar-refractivity contribution in [2.24, 2.45) is 5.73 Å². The largest absolute Gasteiger partial charge is 0.395 e. The van der Waals surface area contributed by atoms with Crippen LogP contribution in [-0.4, -0.2) is 31.3 Å². The Bertz CT molecular complexity index is 396. The lowest BCUT2D eigenvalue weighted by atomic mass is 9.86. The summed E-state index contributed by atoms with van der Waals surface area (Å²) >= 11 is 0. The number of rotatable bonds is 4. The number of nitrogens with zero attached hydrogens (tertiary/aromatic N) is 1. The van der Waals surface area contributed by atoms with Gasteiger partial charge in [0, 0.05) is 25.3 Å². The lowest BCUT2D eigenvalue weighted by Gasteiger charge is -2.26. The molecule has 1 atom stereocenters. The van der Waals surface area contributed by atoms with E-state index in [1.54, 1.807) is 0 Å². The summed E-state index contributed by atoms with van der Waals surface area (Å²) < 4.78 is 0. The zero-order valence-electron chi connectivity index (χ0n) is 12.2. The van der Waals surface area contributed by atoms with E-state index in [9.17, 15) is 0 Å². The lowest BCUT2D eigenvalue weighted by Crippen LogP contribution is -2.38. The Morgan fingerprint density at radius 3 is 2.39 bits per heavy atom. The number of hydrogen-bond acceptors (Lipinski definition) is 3. The first kappa shape index (κ1) is 15.0. The van der Waals surface area contributed by atoms with Crippen molar-refractivity contribution in [3.63, 3.8) is 0 Å². The van der Waals surface area contributed by atoms with Crippen molar-refractivity contribution < 1.29 is 5.11 Å². The summed E-state index contributed by atoms with van der Waals surface area (Å²) in [6, 6.07) is 6.34. The van der Waals surface area contributed by atoms with Gasteiger partial charge < -0.3 is 15.7 Å². The molecule has 0 saturated carbocycles. The van der Waals surface area contributed by atoms with E-state index in [0.717, 1.165) is 0 Å². The first-order valence-electron chi connectivity index (χ1n) is 6.44. The topological polar surface area (TPSA) is 49.5 Å². The number of aliphatic hydroxyl groups is 1. The second kappa shape index (κ2) is 5.72. The van der Waals surface area contributed by atoms with Crippen molar-refractivity contribution in [2.75, 3.05) is 25.1 Å². The summed E-state index contributed by atoms with van der Waals surface area (Å²) in [6.45, 7) is 9.44. The van der Waals surface area contributed by atoms with E-state index in [4.69, 9.17) is 10.8 Å². The average Bonchev–Trinajstić information content (AvgIpc) is 2.27. The molecular formula is C15H26N2O. The van der Waals surface area contributed by atoms with E-state index in [2.05, 4.69) is 50.8 Å². The van der Waals surface area contributed by atoms with Gasteiger partial charge in [0.2, 0.25) is 0 Å². The second-order valence-electron chi connectivity index (χ2n) is 6.07. The molecule has 0 aliphatic carbocycles. The summed E-state index contributed by atoms with van der Waals surface area (Å²) in [6.07, 6.45) is 0. The van der Waals surface area contributed by atoms with Crippen LogP contribution in [-0.2, 0) is 5.41 Å². The highest BCUT2D eigenvalue weighted by Crippen LogP contribution is 2.27. The molecule has 0 radical (unpaired) electrons. The van der Waals surface area contributed by atoms with E-state index < -0.39 is 0 Å². The third-order valence-electron chi connectivity index (χ3n) is 3.22. The van der Waals surface area contributed by atoms with Gasteiger partial charge in [-0.2, -0.15) is 0 Å². The molecule has 0 saturated heterocycles. The predicted molar refractivity (Wildman–Crippen MR) is 78.2 cm³/mol. The molecule has 0 bridgehead atoms. The van der Waals surface area contributed by atoms with Crippen molar-refractivity contribution in [3.05, 3.63) is 29.3 Å². The zero-order chi connectivity index (χ0) is 13.9. The Kier molecular flexibility index (Phi) is 4.77. The van der Waals surface area contributed by atoms with Crippen molar-refractivity contribution in [2.45, 2.75) is 39.2 Å². The van der Waals surface area contributed by atoms with Crippen LogP contribution in [0.5, 0.6) is 0 Å². The van der Waals surface area contributed by atoms with E-state index >= 15 is 0 Å². The van der Waals surface area contributed by atoms with Gasteiger partial charge in [0.15, 0.2) is 0 Å². The molecule has 1 unspecified atom stereocenters. The summed E-state index contributed by atoms with van der Waals surface area (Å²) in [7, 11) is 2.01. The molecule has 102 valence electrons. The molecule has 3 heteroatoms. The van der Waals surface area contributed by atoms with Crippen molar-refractivity contribution in [1.82, 2.24) is 0 Å². The van der Waals surface area contributed by atoms with E-state index in [1.807, 2.05) is 7.05 Å². The molecule has 1 aromatic carbocycles. The summed E-state index contributed by atoms with van der Waals surface area (Å²) in [5, 5.41) is 9.00. The monoisotopic (exact) mass is 250 g/mol. The van der Waals surface area contributed by atoms with Gasteiger partial charge >= 0.3 is 0 Å². The second-order valence-corrected chi connectivity index (χ2v) is 6.07. The minimum absolute atomic E-state index is 0.0173. The molecule has 1 rings (SSSR count). The van der Waals surface area contributed by atoms with Crippen LogP contribution in [0.15, 0.2) is 18.2 Å². The number of hydrogen-bond donors (Lipinski definition) is 2. The van der Waals surface area contributed by atoms with Gasteiger partial charge in [-0.1, -0.05) is 32.9 Å². The fourth-order valence-corrected chi connectivity index (χ4v) is 2.06. The standard InChI is InChI=1S/C15H26N2O/c1-11-8-12(15(2,3)4)6-7-14(11)17(5)9-13(16)10-18/h6-8,13,18H,9-10,16H2,1-5H3. The summed E-state index contributed by atoms with van der Waals surface area (Å²) in [4.78, 5) is 2.10.